The van der Waals surface area contributed by atoms with Gasteiger partial charge in [0.05, 0.1) is 5.69 Å². The van der Waals surface area contributed by atoms with Gasteiger partial charge in [0.25, 0.3) is 11.5 Å². The maximum absolute atomic E-state index is 13.7. The lowest BCUT2D eigenvalue weighted by Gasteiger charge is -2.10. The molecule has 7 nitrogen and oxygen atoms in total. The summed E-state index contributed by atoms with van der Waals surface area (Å²) < 4.78 is 14.8. The minimum absolute atomic E-state index is 0.00744. The van der Waals surface area contributed by atoms with Crippen LogP contribution in [0, 0.1) is 5.82 Å². The van der Waals surface area contributed by atoms with E-state index in [4.69, 9.17) is 0 Å². The fourth-order valence-electron chi connectivity index (χ4n) is 2.72. The molecule has 1 aliphatic rings. The lowest BCUT2D eigenvalue weighted by Crippen LogP contribution is -2.27. The molecule has 0 radical (unpaired) electrons. The molecular formula is C16H14FN5O2S. The van der Waals surface area contributed by atoms with E-state index >= 15 is 0 Å². The molecule has 3 heterocycles. The van der Waals surface area contributed by atoms with Crippen molar-refractivity contribution in [1.82, 2.24) is 14.6 Å². The lowest BCUT2D eigenvalue weighted by molar-refractivity contribution is 0.102. The van der Waals surface area contributed by atoms with E-state index in [1.54, 1.807) is 6.07 Å². The predicted octanol–water partition coefficient (Wildman–Crippen LogP) is 2.14. The number of carbonyl (C=O) groups is 1. The highest BCUT2D eigenvalue weighted by Gasteiger charge is 2.20. The summed E-state index contributed by atoms with van der Waals surface area (Å²) in [5.41, 5.74) is -0.743. The molecule has 0 spiro atoms. The molecule has 0 aliphatic carbocycles. The van der Waals surface area contributed by atoms with Gasteiger partial charge in [-0.3, -0.25) is 9.59 Å². The third-order valence-corrected chi connectivity index (χ3v) is 5.00. The number of carbonyl (C=O) groups excluding carboxylic acids is 1. The summed E-state index contributed by atoms with van der Waals surface area (Å²) in [5, 5.41) is 7.40. The molecule has 3 aromatic rings. The number of hydrogen-bond donors (Lipinski definition) is 1. The van der Waals surface area contributed by atoms with Crippen LogP contribution in [0.3, 0.4) is 0 Å². The third-order valence-electron chi connectivity index (χ3n) is 4.02. The number of fused-ring (bicyclic) bond motifs is 1. The predicted molar refractivity (Wildman–Crippen MR) is 92.9 cm³/mol. The average Bonchev–Trinajstić information content (AvgIpc) is 3.26. The molecule has 0 bridgehead atoms. The van der Waals surface area contributed by atoms with Crippen molar-refractivity contribution in [1.29, 1.82) is 0 Å². The van der Waals surface area contributed by atoms with Gasteiger partial charge in [-0.25, -0.2) is 9.37 Å². The molecule has 2 aromatic heterocycles. The highest BCUT2D eigenvalue weighted by atomic mass is 32.1. The van der Waals surface area contributed by atoms with E-state index in [-0.39, 0.29) is 11.3 Å². The van der Waals surface area contributed by atoms with E-state index in [1.165, 1.54) is 35.7 Å². The Bertz CT molecular complexity index is 1010. The van der Waals surface area contributed by atoms with E-state index < -0.39 is 17.3 Å². The number of nitrogens with zero attached hydrogens (tertiary/aromatic N) is 4. The van der Waals surface area contributed by atoms with Crippen LogP contribution in [-0.4, -0.2) is 33.6 Å². The van der Waals surface area contributed by atoms with Crippen LogP contribution in [0.5, 0.6) is 0 Å². The van der Waals surface area contributed by atoms with Gasteiger partial charge in [0.15, 0.2) is 0 Å². The van der Waals surface area contributed by atoms with E-state index in [0.717, 1.165) is 30.4 Å². The van der Waals surface area contributed by atoms with Gasteiger partial charge in [-0.05, 0) is 25.0 Å². The molecule has 0 atom stereocenters. The molecule has 0 saturated carbocycles. The van der Waals surface area contributed by atoms with E-state index in [9.17, 15) is 14.0 Å². The number of anilines is 2. The Kier molecular flexibility index (Phi) is 3.92. The van der Waals surface area contributed by atoms with Crippen LogP contribution in [-0.2, 0) is 0 Å². The van der Waals surface area contributed by atoms with Gasteiger partial charge in [-0.1, -0.05) is 23.5 Å². The first kappa shape index (κ1) is 15.7. The van der Waals surface area contributed by atoms with Crippen molar-refractivity contribution in [3.05, 3.63) is 52.2 Å². The van der Waals surface area contributed by atoms with E-state index in [1.807, 2.05) is 0 Å². The summed E-state index contributed by atoms with van der Waals surface area (Å²) in [6.45, 7) is 1.80. The van der Waals surface area contributed by atoms with E-state index in [0.29, 0.717) is 10.1 Å². The van der Waals surface area contributed by atoms with Crippen LogP contribution >= 0.6 is 11.3 Å². The first-order valence-corrected chi connectivity index (χ1v) is 8.65. The van der Waals surface area contributed by atoms with Crippen LogP contribution < -0.4 is 15.8 Å². The Hall–Kier alpha value is -2.81. The number of halogens is 1. The number of hydrogen-bond acceptors (Lipinski definition) is 6. The van der Waals surface area contributed by atoms with Crippen molar-refractivity contribution in [2.45, 2.75) is 12.8 Å². The van der Waals surface area contributed by atoms with Crippen molar-refractivity contribution in [2.24, 2.45) is 0 Å². The monoisotopic (exact) mass is 359 g/mol. The van der Waals surface area contributed by atoms with Crippen LogP contribution in [0.25, 0.3) is 4.96 Å². The first-order valence-electron chi connectivity index (χ1n) is 7.83. The molecule has 25 heavy (non-hydrogen) atoms. The van der Waals surface area contributed by atoms with Gasteiger partial charge < -0.3 is 10.2 Å². The number of rotatable bonds is 3. The SMILES string of the molecule is O=C(Nc1ccccc1F)c1cnc2sc(N3CCCC3)nn2c1=O. The number of amides is 1. The van der Waals surface area contributed by atoms with Crippen LogP contribution in [0.2, 0.25) is 0 Å². The maximum Gasteiger partial charge on any atom is 0.288 e. The van der Waals surface area contributed by atoms with Gasteiger partial charge in [-0.2, -0.15) is 4.52 Å². The van der Waals surface area contributed by atoms with Crippen molar-refractivity contribution in [2.75, 3.05) is 23.3 Å². The fraction of sp³-hybridized carbons (Fsp3) is 0.250. The Balaban J connectivity index is 1.68. The minimum Gasteiger partial charge on any atom is -0.347 e. The first-order chi connectivity index (χ1) is 12.1. The van der Waals surface area contributed by atoms with Crippen LogP contribution in [0.15, 0.2) is 35.3 Å². The summed E-state index contributed by atoms with van der Waals surface area (Å²) in [7, 11) is 0. The fourth-order valence-corrected chi connectivity index (χ4v) is 3.63. The highest BCUT2D eigenvalue weighted by molar-refractivity contribution is 7.20. The quantitative estimate of drug-likeness (QED) is 0.775. The lowest BCUT2D eigenvalue weighted by atomic mass is 10.2. The van der Waals surface area contributed by atoms with Gasteiger partial charge in [0.1, 0.15) is 11.4 Å². The summed E-state index contributed by atoms with van der Waals surface area (Å²) in [6.07, 6.45) is 3.39. The topological polar surface area (TPSA) is 79.6 Å². The van der Waals surface area contributed by atoms with Crippen LogP contribution in [0.4, 0.5) is 15.2 Å². The summed E-state index contributed by atoms with van der Waals surface area (Å²) in [5.74, 6) is -1.29. The van der Waals surface area contributed by atoms with Crippen molar-refractivity contribution < 1.29 is 9.18 Å². The van der Waals surface area contributed by atoms with Gasteiger partial charge in [0.2, 0.25) is 10.1 Å². The second kappa shape index (κ2) is 6.25. The summed E-state index contributed by atoms with van der Waals surface area (Å²) >= 11 is 1.31. The highest BCUT2D eigenvalue weighted by Crippen LogP contribution is 2.24. The molecule has 1 amide bonds. The molecule has 1 N–H and O–H groups in total. The molecule has 1 aromatic carbocycles. The molecule has 0 unspecified atom stereocenters. The number of para-hydroxylation sites is 1. The van der Waals surface area contributed by atoms with E-state index in [2.05, 4.69) is 20.3 Å². The van der Waals surface area contributed by atoms with Crippen LogP contribution in [0.1, 0.15) is 23.2 Å². The Morgan fingerprint density at radius 1 is 1.24 bits per heavy atom. The molecule has 1 aliphatic heterocycles. The molecule has 128 valence electrons. The summed E-state index contributed by atoms with van der Waals surface area (Å²) in [6, 6.07) is 5.76. The second-order valence-electron chi connectivity index (χ2n) is 5.68. The van der Waals surface area contributed by atoms with Gasteiger partial charge in [-0.15, -0.1) is 5.10 Å². The third kappa shape index (κ3) is 2.86. The van der Waals surface area contributed by atoms with Gasteiger partial charge >= 0.3 is 0 Å². The number of benzene rings is 1. The molecule has 1 saturated heterocycles. The Labute approximate surface area is 145 Å². The standard InChI is InChI=1S/C16H14FN5O2S/c17-11-5-1-2-6-12(11)19-13(23)10-9-18-15-22(14(10)24)20-16(25-15)21-7-3-4-8-21/h1-2,5-6,9H,3-4,7-8H2,(H,19,23). The number of nitrogens with one attached hydrogen (secondary N) is 1. The molecular weight excluding hydrogens is 345 g/mol. The number of aromatic nitrogens is 3. The average molecular weight is 359 g/mol. The second-order valence-corrected chi connectivity index (χ2v) is 6.62. The zero-order valence-electron chi connectivity index (χ0n) is 13.1. The van der Waals surface area contributed by atoms with Crippen molar-refractivity contribution >= 4 is 33.0 Å². The minimum atomic E-state index is -0.715. The molecule has 4 rings (SSSR count). The zero-order chi connectivity index (χ0) is 17.4. The molecule has 9 heteroatoms. The Morgan fingerprint density at radius 3 is 2.76 bits per heavy atom. The van der Waals surface area contributed by atoms with Crippen molar-refractivity contribution in [3.8, 4) is 0 Å². The molecule has 1 fully saturated rings. The largest absolute Gasteiger partial charge is 0.347 e. The summed E-state index contributed by atoms with van der Waals surface area (Å²) in [4.78, 5) is 31.6. The normalized spacial score (nSPS) is 14.2. The van der Waals surface area contributed by atoms with Crippen molar-refractivity contribution in [3.63, 3.8) is 0 Å². The Morgan fingerprint density at radius 2 is 2.00 bits per heavy atom. The smallest absolute Gasteiger partial charge is 0.288 e. The zero-order valence-corrected chi connectivity index (χ0v) is 13.9. The van der Waals surface area contributed by atoms with Gasteiger partial charge in [0, 0.05) is 19.3 Å². The maximum atomic E-state index is 13.7.